The molecule has 124 valence electrons. The highest BCUT2D eigenvalue weighted by atomic mass is 19.4. The van der Waals surface area contributed by atoms with E-state index in [-0.39, 0.29) is 11.9 Å². The van der Waals surface area contributed by atoms with Crippen molar-refractivity contribution in [2.75, 3.05) is 27.2 Å². The van der Waals surface area contributed by atoms with Crippen molar-refractivity contribution >= 4 is 0 Å². The Morgan fingerprint density at radius 3 is 2.61 bits per heavy atom. The summed E-state index contributed by atoms with van der Waals surface area (Å²) in [5.74, 6) is -1.10. The van der Waals surface area contributed by atoms with Gasteiger partial charge in [-0.05, 0) is 6.07 Å². The smallest absolute Gasteiger partial charge is 0.468 e. The number of alkyl halides is 3. The Kier molecular flexibility index (Phi) is 3.75. The summed E-state index contributed by atoms with van der Waals surface area (Å²) in [5, 5.41) is 3.32. The van der Waals surface area contributed by atoms with Crippen LogP contribution in [0.2, 0.25) is 0 Å². The van der Waals surface area contributed by atoms with Gasteiger partial charge in [0.15, 0.2) is 6.10 Å². The Bertz CT molecular complexity index is 682. The molecule has 0 aromatic carbocycles. The van der Waals surface area contributed by atoms with Gasteiger partial charge in [-0.15, -0.1) is 0 Å². The molecule has 1 atom stereocenters. The molecule has 1 aliphatic rings. The summed E-state index contributed by atoms with van der Waals surface area (Å²) in [6.45, 7) is 1.93. The van der Waals surface area contributed by atoms with Crippen molar-refractivity contribution in [2.45, 2.75) is 18.7 Å². The van der Waals surface area contributed by atoms with Crippen LogP contribution in [0.4, 0.5) is 13.2 Å². The van der Waals surface area contributed by atoms with Gasteiger partial charge in [-0.3, -0.25) is 0 Å². The van der Waals surface area contributed by atoms with Crippen LogP contribution in [0.5, 0.6) is 5.88 Å². The fourth-order valence-electron chi connectivity index (χ4n) is 2.53. The summed E-state index contributed by atoms with van der Waals surface area (Å²) >= 11 is 0. The van der Waals surface area contributed by atoms with Gasteiger partial charge in [-0.1, -0.05) is 5.16 Å². The highest BCUT2D eigenvalue weighted by Gasteiger charge is 2.38. The number of rotatable bonds is 3. The molecular weight excluding hydrogens is 313 g/mol. The Hall–Kier alpha value is -2.16. The first-order valence-electron chi connectivity index (χ1n) is 7.09. The maximum Gasteiger partial charge on any atom is 0.471 e. The van der Waals surface area contributed by atoms with E-state index in [9.17, 15) is 13.2 Å². The lowest BCUT2D eigenvalue weighted by molar-refractivity contribution is -0.879. The van der Waals surface area contributed by atoms with Gasteiger partial charge in [-0.25, -0.2) is 4.98 Å². The Morgan fingerprint density at radius 2 is 2.09 bits per heavy atom. The fourth-order valence-corrected chi connectivity index (χ4v) is 2.53. The second-order valence-electron chi connectivity index (χ2n) is 6.18. The summed E-state index contributed by atoms with van der Waals surface area (Å²) in [5.41, 5.74) is 0.333. The first kappa shape index (κ1) is 15.7. The fraction of sp³-hybridized carbons (Fsp3) is 0.500. The van der Waals surface area contributed by atoms with Crippen LogP contribution in [-0.4, -0.2) is 52.9 Å². The van der Waals surface area contributed by atoms with E-state index < -0.39 is 12.1 Å². The van der Waals surface area contributed by atoms with Crippen LogP contribution in [0.1, 0.15) is 12.3 Å². The molecule has 6 nitrogen and oxygen atoms in total. The number of likely N-dealkylation sites (tertiary alicyclic amines) is 1. The monoisotopic (exact) mass is 329 g/mol. The summed E-state index contributed by atoms with van der Waals surface area (Å²) in [4.78, 5) is 7.42. The number of ether oxygens (including phenoxy) is 1. The van der Waals surface area contributed by atoms with Crippen molar-refractivity contribution in [3.63, 3.8) is 0 Å². The predicted molar refractivity (Wildman–Crippen MR) is 73.4 cm³/mol. The lowest BCUT2D eigenvalue weighted by Gasteiger charge is -2.23. The number of nitrogens with zero attached hydrogens (tertiary/aromatic N) is 4. The average molecular weight is 329 g/mol. The third-order valence-electron chi connectivity index (χ3n) is 3.70. The van der Waals surface area contributed by atoms with Crippen molar-refractivity contribution in [1.29, 1.82) is 0 Å². The number of pyridine rings is 1. The average Bonchev–Trinajstić information content (AvgIpc) is 3.06. The van der Waals surface area contributed by atoms with Crippen molar-refractivity contribution in [3.05, 3.63) is 24.2 Å². The van der Waals surface area contributed by atoms with Crippen LogP contribution in [0.25, 0.3) is 11.4 Å². The van der Waals surface area contributed by atoms with Crippen LogP contribution >= 0.6 is 0 Å². The van der Waals surface area contributed by atoms with E-state index in [1.165, 1.54) is 6.20 Å². The highest BCUT2D eigenvalue weighted by Crippen LogP contribution is 2.29. The van der Waals surface area contributed by atoms with Crippen molar-refractivity contribution < 1.29 is 26.9 Å². The van der Waals surface area contributed by atoms with Gasteiger partial charge in [0, 0.05) is 24.2 Å². The number of hydrogen-bond donors (Lipinski definition) is 0. The first-order chi connectivity index (χ1) is 10.7. The molecule has 1 aliphatic heterocycles. The van der Waals surface area contributed by atoms with E-state index in [0.29, 0.717) is 11.4 Å². The van der Waals surface area contributed by atoms with Crippen LogP contribution < -0.4 is 4.74 Å². The van der Waals surface area contributed by atoms with Gasteiger partial charge in [-0.2, -0.15) is 18.2 Å². The molecule has 0 bridgehead atoms. The standard InChI is InChI=1S/C14H16F3N4O2/c1-21(2)6-5-10(8-21)22-11-4-3-9(7-18-11)12-19-13(23-20-12)14(15,16)17/h3-4,7,10H,5-6,8H2,1-2H3/q+1/t10-/m0/s1. The summed E-state index contributed by atoms with van der Waals surface area (Å²) < 4.78 is 48.2. The van der Waals surface area contributed by atoms with E-state index in [1.807, 2.05) is 0 Å². The van der Waals surface area contributed by atoms with Crippen molar-refractivity contribution in [3.8, 4) is 17.3 Å². The first-order valence-corrected chi connectivity index (χ1v) is 7.09. The number of aromatic nitrogens is 3. The molecule has 1 fully saturated rings. The second kappa shape index (κ2) is 5.48. The minimum atomic E-state index is -4.66. The summed E-state index contributed by atoms with van der Waals surface area (Å²) in [7, 11) is 4.27. The van der Waals surface area contributed by atoms with E-state index in [0.717, 1.165) is 24.0 Å². The van der Waals surface area contributed by atoms with Gasteiger partial charge >= 0.3 is 12.1 Å². The predicted octanol–water partition coefficient (Wildman–Crippen LogP) is 2.38. The zero-order valence-corrected chi connectivity index (χ0v) is 12.7. The van der Waals surface area contributed by atoms with Gasteiger partial charge in [0.2, 0.25) is 11.7 Å². The van der Waals surface area contributed by atoms with Crippen molar-refractivity contribution in [1.82, 2.24) is 15.1 Å². The summed E-state index contributed by atoms with van der Waals surface area (Å²) in [6.07, 6.45) is -2.26. The number of hydrogen-bond acceptors (Lipinski definition) is 5. The Balaban J connectivity index is 1.69. The molecule has 0 aliphatic carbocycles. The molecule has 2 aromatic heterocycles. The third-order valence-corrected chi connectivity index (χ3v) is 3.70. The molecule has 0 saturated carbocycles. The number of quaternary nitrogens is 1. The molecule has 3 rings (SSSR count). The van der Waals surface area contributed by atoms with E-state index in [2.05, 4.69) is 33.7 Å². The molecule has 3 heterocycles. The Labute approximate surface area is 130 Å². The number of likely N-dealkylation sites (N-methyl/N-ethyl adjacent to an activating group) is 1. The zero-order valence-electron chi connectivity index (χ0n) is 12.7. The lowest BCUT2D eigenvalue weighted by Crippen LogP contribution is -2.38. The molecule has 1 saturated heterocycles. The second-order valence-corrected chi connectivity index (χ2v) is 6.18. The van der Waals surface area contributed by atoms with E-state index in [1.54, 1.807) is 12.1 Å². The van der Waals surface area contributed by atoms with Gasteiger partial charge < -0.3 is 13.7 Å². The maximum absolute atomic E-state index is 12.4. The topological polar surface area (TPSA) is 61.0 Å². The largest absolute Gasteiger partial charge is 0.471 e. The van der Waals surface area contributed by atoms with Gasteiger partial charge in [0.1, 0.15) is 6.54 Å². The summed E-state index contributed by atoms with van der Waals surface area (Å²) in [6, 6.07) is 3.15. The SMILES string of the molecule is C[N+]1(C)CC[C@H](Oc2ccc(-c3noc(C(F)(F)F)n3)cn2)C1. The third kappa shape index (κ3) is 3.61. The Morgan fingerprint density at radius 1 is 1.30 bits per heavy atom. The van der Waals surface area contributed by atoms with Crippen molar-refractivity contribution in [2.24, 2.45) is 0 Å². The van der Waals surface area contributed by atoms with Crippen LogP contribution in [0.15, 0.2) is 22.9 Å². The normalized spacial score (nSPS) is 20.7. The minimum Gasteiger partial charge on any atom is -0.468 e. The van der Waals surface area contributed by atoms with Gasteiger partial charge in [0.25, 0.3) is 0 Å². The molecule has 0 N–H and O–H groups in total. The molecule has 0 radical (unpaired) electrons. The zero-order chi connectivity index (χ0) is 16.7. The molecular formula is C14H16F3N4O2+. The van der Waals surface area contributed by atoms with Crippen LogP contribution in [0.3, 0.4) is 0 Å². The van der Waals surface area contributed by atoms with Crippen LogP contribution in [0, 0.1) is 0 Å². The van der Waals surface area contributed by atoms with E-state index in [4.69, 9.17) is 4.74 Å². The molecule has 9 heteroatoms. The molecule has 0 spiro atoms. The van der Waals surface area contributed by atoms with Gasteiger partial charge in [0.05, 0.1) is 20.6 Å². The van der Waals surface area contributed by atoms with E-state index >= 15 is 0 Å². The highest BCUT2D eigenvalue weighted by molar-refractivity contribution is 5.53. The molecule has 0 unspecified atom stereocenters. The number of halogens is 3. The quantitative estimate of drug-likeness (QED) is 0.809. The molecule has 23 heavy (non-hydrogen) atoms. The molecule has 0 amide bonds. The van der Waals surface area contributed by atoms with Crippen LogP contribution in [-0.2, 0) is 6.18 Å². The molecule has 2 aromatic rings. The minimum absolute atomic E-state index is 0.0883. The lowest BCUT2D eigenvalue weighted by atomic mass is 10.2. The maximum atomic E-state index is 12.4.